The lowest BCUT2D eigenvalue weighted by Crippen LogP contribution is -2.55. The van der Waals surface area contributed by atoms with E-state index in [2.05, 4.69) is 5.32 Å². The standard InChI is InChI=1S/C14H19NO6S/c1-14(8-4-3-5-9(14)13(17)18)15-12(16)10-6-7-11(21-10)22(2,19)20/h6-7,9H,3-5,8H2,1-2H3,(H,15,16)(H,17,18). The van der Waals surface area contributed by atoms with Crippen molar-refractivity contribution in [2.24, 2.45) is 5.92 Å². The molecule has 1 heterocycles. The van der Waals surface area contributed by atoms with Crippen LogP contribution in [0.4, 0.5) is 0 Å². The maximum atomic E-state index is 12.2. The molecule has 0 aliphatic heterocycles. The molecule has 8 heteroatoms. The molecular weight excluding hydrogens is 310 g/mol. The van der Waals surface area contributed by atoms with Crippen molar-refractivity contribution < 1.29 is 27.5 Å². The summed E-state index contributed by atoms with van der Waals surface area (Å²) in [6.45, 7) is 1.70. The molecule has 2 unspecified atom stereocenters. The molecule has 1 aromatic heterocycles. The van der Waals surface area contributed by atoms with Gasteiger partial charge in [-0.2, -0.15) is 0 Å². The largest absolute Gasteiger partial charge is 0.481 e. The smallest absolute Gasteiger partial charge is 0.308 e. The SMILES string of the molecule is CC1(NC(=O)c2ccc(S(C)(=O)=O)o2)CCCCC1C(=O)O. The van der Waals surface area contributed by atoms with E-state index in [0.29, 0.717) is 12.8 Å². The van der Waals surface area contributed by atoms with Gasteiger partial charge in [-0.1, -0.05) is 12.8 Å². The van der Waals surface area contributed by atoms with Crippen LogP contribution in [0.15, 0.2) is 21.6 Å². The molecule has 1 saturated carbocycles. The molecule has 0 radical (unpaired) electrons. The van der Waals surface area contributed by atoms with Gasteiger partial charge in [-0.3, -0.25) is 9.59 Å². The van der Waals surface area contributed by atoms with E-state index in [1.54, 1.807) is 6.92 Å². The first-order valence-corrected chi connectivity index (χ1v) is 8.88. The monoisotopic (exact) mass is 329 g/mol. The lowest BCUT2D eigenvalue weighted by atomic mass is 9.74. The topological polar surface area (TPSA) is 114 Å². The molecule has 0 bridgehead atoms. The van der Waals surface area contributed by atoms with E-state index in [1.807, 2.05) is 0 Å². The van der Waals surface area contributed by atoms with Gasteiger partial charge in [0.25, 0.3) is 5.91 Å². The van der Waals surface area contributed by atoms with Gasteiger partial charge in [-0.25, -0.2) is 8.42 Å². The van der Waals surface area contributed by atoms with Crippen molar-refractivity contribution in [3.05, 3.63) is 17.9 Å². The zero-order valence-corrected chi connectivity index (χ0v) is 13.3. The lowest BCUT2D eigenvalue weighted by molar-refractivity contribution is -0.145. The fourth-order valence-electron chi connectivity index (χ4n) is 2.84. The van der Waals surface area contributed by atoms with Crippen LogP contribution < -0.4 is 5.32 Å². The molecular formula is C14H19NO6S. The number of rotatable bonds is 4. The maximum absolute atomic E-state index is 12.2. The van der Waals surface area contributed by atoms with Crippen LogP contribution in [-0.2, 0) is 14.6 Å². The highest BCUT2D eigenvalue weighted by molar-refractivity contribution is 7.90. The summed E-state index contributed by atoms with van der Waals surface area (Å²) >= 11 is 0. The molecule has 0 spiro atoms. The highest BCUT2D eigenvalue weighted by Gasteiger charge is 2.42. The van der Waals surface area contributed by atoms with Gasteiger partial charge in [0.15, 0.2) is 5.76 Å². The Balaban J connectivity index is 2.20. The molecule has 1 fully saturated rings. The van der Waals surface area contributed by atoms with Crippen molar-refractivity contribution in [3.8, 4) is 0 Å². The average molecular weight is 329 g/mol. The van der Waals surface area contributed by atoms with Gasteiger partial charge in [0.2, 0.25) is 14.9 Å². The highest BCUT2D eigenvalue weighted by Crippen LogP contribution is 2.34. The molecule has 2 N–H and O–H groups in total. The Morgan fingerprint density at radius 3 is 2.59 bits per heavy atom. The van der Waals surface area contributed by atoms with Gasteiger partial charge in [0, 0.05) is 6.26 Å². The number of carboxylic acid groups (broad SMARTS) is 1. The molecule has 1 aliphatic carbocycles. The highest BCUT2D eigenvalue weighted by atomic mass is 32.2. The van der Waals surface area contributed by atoms with Crippen LogP contribution >= 0.6 is 0 Å². The summed E-state index contributed by atoms with van der Waals surface area (Å²) in [5, 5.41) is 11.7. The fourth-order valence-corrected chi connectivity index (χ4v) is 3.40. The average Bonchev–Trinajstić information content (AvgIpc) is 2.87. The van der Waals surface area contributed by atoms with E-state index >= 15 is 0 Å². The second kappa shape index (κ2) is 5.75. The van der Waals surface area contributed by atoms with Crippen LogP contribution in [-0.4, -0.2) is 37.2 Å². The van der Waals surface area contributed by atoms with Crippen LogP contribution in [0.1, 0.15) is 43.2 Å². The molecule has 1 aliphatic rings. The van der Waals surface area contributed by atoms with E-state index < -0.39 is 33.2 Å². The Morgan fingerprint density at radius 2 is 2.05 bits per heavy atom. The summed E-state index contributed by atoms with van der Waals surface area (Å²) in [4.78, 5) is 23.6. The summed E-state index contributed by atoms with van der Waals surface area (Å²) < 4.78 is 27.8. The van der Waals surface area contributed by atoms with Gasteiger partial charge >= 0.3 is 5.97 Å². The predicted molar refractivity (Wildman–Crippen MR) is 77.3 cm³/mol. The van der Waals surface area contributed by atoms with Crippen LogP contribution in [0.3, 0.4) is 0 Å². The van der Waals surface area contributed by atoms with Crippen LogP contribution in [0.2, 0.25) is 0 Å². The number of hydrogen-bond donors (Lipinski definition) is 2. The number of carbonyl (C=O) groups is 2. The minimum Gasteiger partial charge on any atom is -0.481 e. The summed E-state index contributed by atoms with van der Waals surface area (Å²) in [7, 11) is -3.53. The van der Waals surface area contributed by atoms with E-state index in [4.69, 9.17) is 4.42 Å². The molecule has 22 heavy (non-hydrogen) atoms. The molecule has 1 amide bonds. The van der Waals surface area contributed by atoms with E-state index in [9.17, 15) is 23.1 Å². The number of amides is 1. The minimum atomic E-state index is -3.53. The molecule has 7 nitrogen and oxygen atoms in total. The van der Waals surface area contributed by atoms with Gasteiger partial charge in [-0.05, 0) is 31.9 Å². The van der Waals surface area contributed by atoms with Crippen molar-refractivity contribution in [1.29, 1.82) is 0 Å². The number of furan rings is 1. The fraction of sp³-hybridized carbons (Fsp3) is 0.571. The zero-order valence-electron chi connectivity index (χ0n) is 12.5. The zero-order chi connectivity index (χ0) is 16.5. The maximum Gasteiger partial charge on any atom is 0.308 e. The van der Waals surface area contributed by atoms with Crippen molar-refractivity contribution >= 4 is 21.7 Å². The lowest BCUT2D eigenvalue weighted by Gasteiger charge is -2.39. The Kier molecular flexibility index (Phi) is 4.32. The second-order valence-corrected chi connectivity index (χ2v) is 7.85. The summed E-state index contributed by atoms with van der Waals surface area (Å²) in [5.74, 6) is -2.37. The van der Waals surface area contributed by atoms with Crippen LogP contribution in [0.5, 0.6) is 0 Å². The third-order valence-corrected chi connectivity index (χ3v) is 5.03. The van der Waals surface area contributed by atoms with E-state index in [1.165, 1.54) is 12.1 Å². The Labute approximate surface area is 128 Å². The third kappa shape index (κ3) is 3.32. The molecule has 2 atom stereocenters. The Morgan fingerprint density at radius 1 is 1.36 bits per heavy atom. The van der Waals surface area contributed by atoms with Crippen molar-refractivity contribution in [2.75, 3.05) is 6.26 Å². The Hall–Kier alpha value is -1.83. The van der Waals surface area contributed by atoms with Gasteiger partial charge < -0.3 is 14.8 Å². The quantitative estimate of drug-likeness (QED) is 0.864. The number of aliphatic carboxylic acids is 1. The first-order chi connectivity index (χ1) is 10.1. The summed E-state index contributed by atoms with van der Waals surface area (Å²) in [5.41, 5.74) is -0.876. The van der Waals surface area contributed by atoms with Gasteiger partial charge in [0.1, 0.15) is 0 Å². The first kappa shape index (κ1) is 16.5. The molecule has 122 valence electrons. The second-order valence-electron chi connectivity index (χ2n) is 5.90. The third-order valence-electron chi connectivity index (χ3n) is 4.08. The summed E-state index contributed by atoms with van der Waals surface area (Å²) in [6, 6.07) is 2.48. The molecule has 0 saturated heterocycles. The number of sulfone groups is 1. The predicted octanol–water partition coefficient (Wildman–Crippen LogP) is 1.45. The Bertz CT molecular complexity index is 692. The molecule has 2 rings (SSSR count). The normalized spacial score (nSPS) is 25.6. The van der Waals surface area contributed by atoms with Crippen molar-refractivity contribution in [1.82, 2.24) is 5.32 Å². The number of nitrogens with one attached hydrogen (secondary N) is 1. The van der Waals surface area contributed by atoms with Crippen molar-refractivity contribution in [2.45, 2.75) is 43.2 Å². The number of carbonyl (C=O) groups excluding carboxylic acids is 1. The van der Waals surface area contributed by atoms with Gasteiger partial charge in [0.05, 0.1) is 11.5 Å². The number of hydrogen-bond acceptors (Lipinski definition) is 5. The molecule has 1 aromatic rings. The number of carboxylic acids is 1. The van der Waals surface area contributed by atoms with Crippen LogP contribution in [0, 0.1) is 5.92 Å². The molecule has 0 aromatic carbocycles. The van der Waals surface area contributed by atoms with Crippen molar-refractivity contribution in [3.63, 3.8) is 0 Å². The van der Waals surface area contributed by atoms with Crippen LogP contribution in [0.25, 0.3) is 0 Å². The first-order valence-electron chi connectivity index (χ1n) is 6.99. The van der Waals surface area contributed by atoms with Gasteiger partial charge in [-0.15, -0.1) is 0 Å². The van der Waals surface area contributed by atoms with E-state index in [-0.39, 0.29) is 10.9 Å². The minimum absolute atomic E-state index is 0.142. The van der Waals surface area contributed by atoms with E-state index in [0.717, 1.165) is 19.1 Å². The summed E-state index contributed by atoms with van der Waals surface area (Å²) in [6.07, 6.45) is 3.67.